The summed E-state index contributed by atoms with van der Waals surface area (Å²) < 4.78 is 0. The number of allylic oxidation sites excluding steroid dienone is 2. The van der Waals surface area contributed by atoms with Crippen LogP contribution in [-0.2, 0) is 0 Å². The molecule has 0 aliphatic heterocycles. The van der Waals surface area contributed by atoms with Crippen LogP contribution in [0.4, 0.5) is 0 Å². The summed E-state index contributed by atoms with van der Waals surface area (Å²) in [6.45, 7) is 2.10. The monoisotopic (exact) mass is 153 g/mol. The molecular formula is C10H19N. The van der Waals surface area contributed by atoms with Gasteiger partial charge in [-0.25, -0.2) is 0 Å². The zero-order valence-electron chi connectivity index (χ0n) is 7.42. The first-order chi connectivity index (χ1) is 5.29. The fourth-order valence-corrected chi connectivity index (χ4v) is 1.62. The third kappa shape index (κ3) is 3.57. The van der Waals surface area contributed by atoms with E-state index in [2.05, 4.69) is 19.1 Å². The van der Waals surface area contributed by atoms with Gasteiger partial charge in [0.1, 0.15) is 0 Å². The fraction of sp³-hybridized carbons (Fsp3) is 0.800. The fourth-order valence-electron chi connectivity index (χ4n) is 1.62. The standard InChI is InChI=1S/C10H19N/c1-9(11)7-8-10-5-3-2-4-6-10/h2-3,9-10H,4-8,11H2,1H3. The Morgan fingerprint density at radius 2 is 2.36 bits per heavy atom. The van der Waals surface area contributed by atoms with E-state index in [1.807, 2.05) is 0 Å². The van der Waals surface area contributed by atoms with Gasteiger partial charge < -0.3 is 5.73 Å². The first-order valence-corrected chi connectivity index (χ1v) is 4.69. The average Bonchev–Trinajstić information content (AvgIpc) is 2.03. The summed E-state index contributed by atoms with van der Waals surface area (Å²) in [6, 6.07) is 0.390. The Bertz CT molecular complexity index is 127. The van der Waals surface area contributed by atoms with E-state index in [1.165, 1.54) is 32.1 Å². The smallest absolute Gasteiger partial charge is 0.00105 e. The van der Waals surface area contributed by atoms with Crippen LogP contribution in [0.15, 0.2) is 12.2 Å². The van der Waals surface area contributed by atoms with Crippen molar-refractivity contribution in [3.63, 3.8) is 0 Å². The maximum atomic E-state index is 5.69. The lowest BCUT2D eigenvalue weighted by atomic mass is 9.89. The number of hydrogen-bond acceptors (Lipinski definition) is 1. The lowest BCUT2D eigenvalue weighted by Crippen LogP contribution is -2.16. The third-order valence-corrected chi connectivity index (χ3v) is 2.41. The molecule has 0 heterocycles. The highest BCUT2D eigenvalue weighted by atomic mass is 14.6. The third-order valence-electron chi connectivity index (χ3n) is 2.41. The molecule has 0 amide bonds. The lowest BCUT2D eigenvalue weighted by Gasteiger charge is -2.18. The van der Waals surface area contributed by atoms with Crippen LogP contribution in [-0.4, -0.2) is 6.04 Å². The molecule has 1 heteroatoms. The molecule has 1 aliphatic carbocycles. The van der Waals surface area contributed by atoms with Crippen LogP contribution in [0, 0.1) is 5.92 Å². The van der Waals surface area contributed by atoms with E-state index in [9.17, 15) is 0 Å². The molecule has 64 valence electrons. The van der Waals surface area contributed by atoms with Crippen molar-refractivity contribution in [2.75, 3.05) is 0 Å². The Balaban J connectivity index is 2.11. The van der Waals surface area contributed by atoms with Crippen LogP contribution < -0.4 is 5.73 Å². The van der Waals surface area contributed by atoms with Crippen molar-refractivity contribution < 1.29 is 0 Å². The minimum Gasteiger partial charge on any atom is -0.328 e. The highest BCUT2D eigenvalue weighted by Gasteiger charge is 2.09. The minimum absolute atomic E-state index is 0.390. The van der Waals surface area contributed by atoms with Crippen molar-refractivity contribution in [1.29, 1.82) is 0 Å². The van der Waals surface area contributed by atoms with Gasteiger partial charge in [-0.2, -0.15) is 0 Å². The molecule has 0 saturated heterocycles. The first kappa shape index (κ1) is 8.79. The molecule has 0 aromatic heterocycles. The molecule has 0 saturated carbocycles. The van der Waals surface area contributed by atoms with Gasteiger partial charge in [-0.15, -0.1) is 0 Å². The Labute approximate surface area is 69.7 Å². The van der Waals surface area contributed by atoms with E-state index < -0.39 is 0 Å². The molecule has 0 fully saturated rings. The van der Waals surface area contributed by atoms with Crippen molar-refractivity contribution in [2.24, 2.45) is 11.7 Å². The molecule has 1 aliphatic rings. The summed E-state index contributed by atoms with van der Waals surface area (Å²) in [5, 5.41) is 0. The van der Waals surface area contributed by atoms with Gasteiger partial charge in [-0.1, -0.05) is 12.2 Å². The molecule has 1 nitrogen and oxygen atoms in total. The molecular weight excluding hydrogens is 134 g/mol. The molecule has 11 heavy (non-hydrogen) atoms. The molecule has 0 aromatic rings. The van der Waals surface area contributed by atoms with Crippen LogP contribution >= 0.6 is 0 Å². The number of hydrogen-bond donors (Lipinski definition) is 1. The van der Waals surface area contributed by atoms with E-state index in [-0.39, 0.29) is 0 Å². The molecule has 0 aromatic carbocycles. The van der Waals surface area contributed by atoms with Gasteiger partial charge in [0.15, 0.2) is 0 Å². The summed E-state index contributed by atoms with van der Waals surface area (Å²) in [5.41, 5.74) is 5.69. The van der Waals surface area contributed by atoms with Crippen LogP contribution in [0.1, 0.15) is 39.0 Å². The molecule has 1 rings (SSSR count). The SMILES string of the molecule is CC(N)CCC1CC=CCC1. The predicted octanol–water partition coefficient (Wildman–Crippen LogP) is 2.47. The average molecular weight is 153 g/mol. The van der Waals surface area contributed by atoms with Gasteiger partial charge >= 0.3 is 0 Å². The van der Waals surface area contributed by atoms with E-state index in [0.29, 0.717) is 6.04 Å². The maximum absolute atomic E-state index is 5.69. The molecule has 0 bridgehead atoms. The van der Waals surface area contributed by atoms with Crippen LogP contribution in [0.5, 0.6) is 0 Å². The topological polar surface area (TPSA) is 26.0 Å². The highest BCUT2D eigenvalue weighted by molar-refractivity contribution is 4.89. The predicted molar refractivity (Wildman–Crippen MR) is 49.4 cm³/mol. The quantitative estimate of drug-likeness (QED) is 0.619. The Hall–Kier alpha value is -0.300. The lowest BCUT2D eigenvalue weighted by molar-refractivity contribution is 0.415. The molecule has 0 spiro atoms. The van der Waals surface area contributed by atoms with Crippen molar-refractivity contribution in [3.8, 4) is 0 Å². The van der Waals surface area contributed by atoms with Gasteiger partial charge in [0, 0.05) is 6.04 Å². The number of nitrogens with two attached hydrogens (primary N) is 1. The van der Waals surface area contributed by atoms with Crippen molar-refractivity contribution in [1.82, 2.24) is 0 Å². The summed E-state index contributed by atoms with van der Waals surface area (Å²) in [7, 11) is 0. The molecule has 2 unspecified atom stereocenters. The molecule has 2 N–H and O–H groups in total. The Morgan fingerprint density at radius 3 is 2.91 bits per heavy atom. The van der Waals surface area contributed by atoms with Crippen molar-refractivity contribution >= 4 is 0 Å². The second-order valence-corrected chi connectivity index (χ2v) is 3.71. The van der Waals surface area contributed by atoms with Gasteiger partial charge in [0.2, 0.25) is 0 Å². The zero-order valence-corrected chi connectivity index (χ0v) is 7.42. The van der Waals surface area contributed by atoms with E-state index in [4.69, 9.17) is 5.73 Å². The van der Waals surface area contributed by atoms with Gasteiger partial charge in [-0.3, -0.25) is 0 Å². The number of rotatable bonds is 3. The molecule has 0 radical (unpaired) electrons. The summed E-state index contributed by atoms with van der Waals surface area (Å²) in [6.07, 6.45) is 11.1. The maximum Gasteiger partial charge on any atom is 0.00105 e. The van der Waals surface area contributed by atoms with Crippen LogP contribution in [0.2, 0.25) is 0 Å². The summed E-state index contributed by atoms with van der Waals surface area (Å²) in [5.74, 6) is 0.922. The van der Waals surface area contributed by atoms with Crippen molar-refractivity contribution in [2.45, 2.75) is 45.1 Å². The van der Waals surface area contributed by atoms with Gasteiger partial charge in [0.05, 0.1) is 0 Å². The second kappa shape index (κ2) is 4.55. The van der Waals surface area contributed by atoms with Crippen molar-refractivity contribution in [3.05, 3.63) is 12.2 Å². The van der Waals surface area contributed by atoms with Crippen LogP contribution in [0.25, 0.3) is 0 Å². The second-order valence-electron chi connectivity index (χ2n) is 3.71. The summed E-state index contributed by atoms with van der Waals surface area (Å²) in [4.78, 5) is 0. The summed E-state index contributed by atoms with van der Waals surface area (Å²) >= 11 is 0. The normalized spacial score (nSPS) is 26.9. The zero-order chi connectivity index (χ0) is 8.10. The highest BCUT2D eigenvalue weighted by Crippen LogP contribution is 2.22. The van der Waals surface area contributed by atoms with Crippen LogP contribution in [0.3, 0.4) is 0 Å². The van der Waals surface area contributed by atoms with E-state index in [1.54, 1.807) is 0 Å². The molecule has 2 atom stereocenters. The van der Waals surface area contributed by atoms with Gasteiger partial charge in [-0.05, 0) is 44.9 Å². The Morgan fingerprint density at radius 1 is 1.55 bits per heavy atom. The minimum atomic E-state index is 0.390. The van der Waals surface area contributed by atoms with E-state index >= 15 is 0 Å². The largest absolute Gasteiger partial charge is 0.328 e. The van der Waals surface area contributed by atoms with Gasteiger partial charge in [0.25, 0.3) is 0 Å². The Kier molecular flexibility index (Phi) is 3.64. The van der Waals surface area contributed by atoms with E-state index in [0.717, 1.165) is 5.92 Å². The first-order valence-electron chi connectivity index (χ1n) is 4.69.